The molecule has 19 heavy (non-hydrogen) atoms. The number of hydrogen-bond donors (Lipinski definition) is 0. The van der Waals surface area contributed by atoms with Gasteiger partial charge in [0.15, 0.2) is 0 Å². The van der Waals surface area contributed by atoms with Crippen LogP contribution >= 0.6 is 23.2 Å². The third-order valence-electron chi connectivity index (χ3n) is 3.91. The third kappa shape index (κ3) is 4.06. The fourth-order valence-corrected chi connectivity index (χ4v) is 2.94. The molecule has 2 rings (SSSR count). The first kappa shape index (κ1) is 15.0. The quantitative estimate of drug-likeness (QED) is 0.796. The predicted octanol–water partition coefficient (Wildman–Crippen LogP) is 3.30. The summed E-state index contributed by atoms with van der Waals surface area (Å²) >= 11 is 12.1. The molecule has 0 radical (unpaired) electrons. The van der Waals surface area contributed by atoms with Crippen LogP contribution in [0, 0.1) is 0 Å². The minimum Gasteiger partial charge on any atom is -0.303 e. The van der Waals surface area contributed by atoms with E-state index in [4.69, 9.17) is 23.2 Å². The van der Waals surface area contributed by atoms with E-state index < -0.39 is 0 Å². The first-order chi connectivity index (χ1) is 9.10. The van der Waals surface area contributed by atoms with Crippen LogP contribution in [0.5, 0.6) is 0 Å². The molecule has 0 aliphatic carbocycles. The number of nitrogens with zero attached hydrogens (tertiary/aromatic N) is 3. The average molecular weight is 302 g/mol. The predicted molar refractivity (Wildman–Crippen MR) is 80.9 cm³/mol. The van der Waals surface area contributed by atoms with Crippen LogP contribution in [0.2, 0.25) is 10.2 Å². The lowest BCUT2D eigenvalue weighted by Crippen LogP contribution is -2.43. The van der Waals surface area contributed by atoms with Gasteiger partial charge in [-0.2, -0.15) is 0 Å². The van der Waals surface area contributed by atoms with Crippen molar-refractivity contribution in [3.63, 3.8) is 0 Å². The normalized spacial score (nSPS) is 18.2. The molecular weight excluding hydrogens is 281 g/mol. The number of hydrogen-bond acceptors (Lipinski definition) is 3. The SMILES string of the molecule is CCN1CCC(N(C)Cc2nc(Cl)ccc2Cl)CC1. The van der Waals surface area contributed by atoms with E-state index >= 15 is 0 Å². The molecule has 3 nitrogen and oxygen atoms in total. The van der Waals surface area contributed by atoms with Crippen molar-refractivity contribution in [3.8, 4) is 0 Å². The smallest absolute Gasteiger partial charge is 0.129 e. The summed E-state index contributed by atoms with van der Waals surface area (Å²) < 4.78 is 0. The second kappa shape index (κ2) is 6.89. The van der Waals surface area contributed by atoms with Gasteiger partial charge in [0.1, 0.15) is 5.15 Å². The van der Waals surface area contributed by atoms with Gasteiger partial charge in [0.2, 0.25) is 0 Å². The van der Waals surface area contributed by atoms with E-state index in [-0.39, 0.29) is 0 Å². The molecule has 1 saturated heterocycles. The van der Waals surface area contributed by atoms with Crippen LogP contribution < -0.4 is 0 Å². The molecule has 1 aromatic heterocycles. The molecule has 1 aromatic rings. The van der Waals surface area contributed by atoms with E-state index in [2.05, 4.69) is 28.8 Å². The van der Waals surface area contributed by atoms with Crippen molar-refractivity contribution in [2.24, 2.45) is 0 Å². The molecule has 1 aliphatic heterocycles. The van der Waals surface area contributed by atoms with Crippen LogP contribution in [0.25, 0.3) is 0 Å². The van der Waals surface area contributed by atoms with E-state index in [9.17, 15) is 0 Å². The van der Waals surface area contributed by atoms with Crippen molar-refractivity contribution in [3.05, 3.63) is 28.0 Å². The molecule has 0 N–H and O–H groups in total. The Kier molecular flexibility index (Phi) is 5.46. The van der Waals surface area contributed by atoms with Crippen molar-refractivity contribution >= 4 is 23.2 Å². The number of rotatable bonds is 4. The van der Waals surface area contributed by atoms with Gasteiger partial charge in [-0.05, 0) is 51.7 Å². The minimum absolute atomic E-state index is 0.508. The van der Waals surface area contributed by atoms with Gasteiger partial charge in [0.05, 0.1) is 10.7 Å². The van der Waals surface area contributed by atoms with Crippen LogP contribution in [0.3, 0.4) is 0 Å². The maximum atomic E-state index is 6.17. The monoisotopic (exact) mass is 301 g/mol. The fourth-order valence-electron chi connectivity index (χ4n) is 2.61. The average Bonchev–Trinajstić information content (AvgIpc) is 2.43. The first-order valence-corrected chi connectivity index (χ1v) is 7.59. The molecule has 0 unspecified atom stereocenters. The molecule has 0 atom stereocenters. The van der Waals surface area contributed by atoms with Crippen molar-refractivity contribution in [2.45, 2.75) is 32.4 Å². The lowest BCUT2D eigenvalue weighted by atomic mass is 10.0. The number of piperidine rings is 1. The molecule has 0 spiro atoms. The van der Waals surface area contributed by atoms with Crippen molar-refractivity contribution in [2.75, 3.05) is 26.7 Å². The third-order valence-corrected chi connectivity index (χ3v) is 4.47. The Labute approximate surface area is 125 Å². The van der Waals surface area contributed by atoms with E-state index in [0.29, 0.717) is 16.2 Å². The highest BCUT2D eigenvalue weighted by Crippen LogP contribution is 2.21. The van der Waals surface area contributed by atoms with Gasteiger partial charge in [-0.25, -0.2) is 4.98 Å². The Morgan fingerprint density at radius 2 is 2.00 bits per heavy atom. The zero-order valence-electron chi connectivity index (χ0n) is 11.6. The summed E-state index contributed by atoms with van der Waals surface area (Å²) in [6.45, 7) is 6.50. The lowest BCUT2D eigenvalue weighted by Gasteiger charge is -2.36. The van der Waals surface area contributed by atoms with Gasteiger partial charge in [-0.1, -0.05) is 30.1 Å². The Morgan fingerprint density at radius 3 is 2.63 bits per heavy atom. The minimum atomic E-state index is 0.508. The van der Waals surface area contributed by atoms with Crippen LogP contribution in [-0.4, -0.2) is 47.5 Å². The summed E-state index contributed by atoms with van der Waals surface area (Å²) in [5, 5.41) is 1.20. The summed E-state index contributed by atoms with van der Waals surface area (Å²) in [5.74, 6) is 0. The Balaban J connectivity index is 1.94. The van der Waals surface area contributed by atoms with E-state index in [1.165, 1.54) is 25.9 Å². The molecule has 5 heteroatoms. The molecule has 1 fully saturated rings. The Hall–Kier alpha value is -0.350. The zero-order valence-corrected chi connectivity index (χ0v) is 13.1. The van der Waals surface area contributed by atoms with Gasteiger partial charge in [-0.15, -0.1) is 0 Å². The highest BCUT2D eigenvalue weighted by atomic mass is 35.5. The fraction of sp³-hybridized carbons (Fsp3) is 0.643. The topological polar surface area (TPSA) is 19.4 Å². The van der Waals surface area contributed by atoms with E-state index in [0.717, 1.165) is 18.8 Å². The van der Waals surface area contributed by atoms with Crippen molar-refractivity contribution in [1.82, 2.24) is 14.8 Å². The van der Waals surface area contributed by atoms with E-state index in [1.807, 2.05) is 6.07 Å². The molecule has 0 bridgehead atoms. The van der Waals surface area contributed by atoms with E-state index in [1.54, 1.807) is 6.07 Å². The van der Waals surface area contributed by atoms with Gasteiger partial charge in [0, 0.05) is 12.6 Å². The van der Waals surface area contributed by atoms with Crippen LogP contribution in [0.1, 0.15) is 25.5 Å². The standard InChI is InChI=1S/C14H21Cl2N3/c1-3-19-8-6-11(7-9-19)18(2)10-13-12(15)4-5-14(16)17-13/h4-5,11H,3,6-10H2,1-2H3. The number of likely N-dealkylation sites (tertiary alicyclic amines) is 1. The van der Waals surface area contributed by atoms with Gasteiger partial charge >= 0.3 is 0 Å². The largest absolute Gasteiger partial charge is 0.303 e. The maximum Gasteiger partial charge on any atom is 0.129 e. The molecule has 2 heterocycles. The molecule has 0 amide bonds. The number of aromatic nitrogens is 1. The van der Waals surface area contributed by atoms with Gasteiger partial charge in [-0.3, -0.25) is 4.90 Å². The summed E-state index contributed by atoms with van der Waals surface area (Å²) in [5.41, 5.74) is 0.870. The number of halogens is 2. The summed E-state index contributed by atoms with van der Waals surface area (Å²) in [7, 11) is 2.14. The molecule has 106 valence electrons. The molecule has 1 aliphatic rings. The molecule has 0 saturated carbocycles. The maximum absolute atomic E-state index is 6.17. The molecular formula is C14H21Cl2N3. The summed E-state index contributed by atoms with van der Waals surface area (Å²) in [6, 6.07) is 4.16. The van der Waals surface area contributed by atoms with Gasteiger partial charge < -0.3 is 4.90 Å². The first-order valence-electron chi connectivity index (χ1n) is 6.83. The van der Waals surface area contributed by atoms with Crippen LogP contribution in [0.15, 0.2) is 12.1 Å². The Bertz CT molecular complexity index is 417. The van der Waals surface area contributed by atoms with Crippen molar-refractivity contribution in [1.29, 1.82) is 0 Å². The second-order valence-electron chi connectivity index (χ2n) is 5.14. The number of pyridine rings is 1. The zero-order chi connectivity index (χ0) is 13.8. The van der Waals surface area contributed by atoms with Gasteiger partial charge in [0.25, 0.3) is 0 Å². The van der Waals surface area contributed by atoms with Crippen LogP contribution in [0.4, 0.5) is 0 Å². The lowest BCUT2D eigenvalue weighted by molar-refractivity contribution is 0.126. The van der Waals surface area contributed by atoms with Crippen LogP contribution in [-0.2, 0) is 6.54 Å². The highest BCUT2D eigenvalue weighted by Gasteiger charge is 2.22. The Morgan fingerprint density at radius 1 is 1.32 bits per heavy atom. The van der Waals surface area contributed by atoms with Crippen molar-refractivity contribution < 1.29 is 0 Å². The summed E-state index contributed by atoms with van der Waals surface area (Å²) in [4.78, 5) is 9.16. The second-order valence-corrected chi connectivity index (χ2v) is 5.94. The summed E-state index contributed by atoms with van der Waals surface area (Å²) in [6.07, 6.45) is 2.42. The molecule has 0 aromatic carbocycles. The highest BCUT2D eigenvalue weighted by molar-refractivity contribution is 6.32.